The summed E-state index contributed by atoms with van der Waals surface area (Å²) in [6.07, 6.45) is 5.14. The van der Waals surface area contributed by atoms with Crippen molar-refractivity contribution in [1.82, 2.24) is 9.97 Å². The van der Waals surface area contributed by atoms with E-state index in [0.717, 1.165) is 11.1 Å². The van der Waals surface area contributed by atoms with Crippen LogP contribution in [0.5, 0.6) is 11.6 Å². The largest absolute Gasteiger partial charge is 0.462 e. The van der Waals surface area contributed by atoms with Crippen molar-refractivity contribution in [3.05, 3.63) is 72.7 Å². The molecule has 5 nitrogen and oxygen atoms in total. The van der Waals surface area contributed by atoms with Gasteiger partial charge in [-0.25, -0.2) is 9.78 Å². The van der Waals surface area contributed by atoms with E-state index in [2.05, 4.69) is 9.97 Å². The Hall–Kier alpha value is -3.21. The molecule has 0 radical (unpaired) electrons. The predicted molar refractivity (Wildman–Crippen MR) is 89.9 cm³/mol. The van der Waals surface area contributed by atoms with Gasteiger partial charge in [0.05, 0.1) is 12.2 Å². The molecule has 3 rings (SSSR count). The van der Waals surface area contributed by atoms with E-state index in [0.29, 0.717) is 23.8 Å². The van der Waals surface area contributed by atoms with Crippen molar-refractivity contribution in [3.8, 4) is 22.8 Å². The number of hydrogen-bond donors (Lipinski definition) is 0. The molecule has 0 fully saturated rings. The van der Waals surface area contributed by atoms with E-state index < -0.39 is 0 Å². The van der Waals surface area contributed by atoms with Gasteiger partial charge in [-0.3, -0.25) is 4.98 Å². The van der Waals surface area contributed by atoms with E-state index >= 15 is 0 Å². The van der Waals surface area contributed by atoms with Gasteiger partial charge in [-0.15, -0.1) is 0 Å². The van der Waals surface area contributed by atoms with Crippen molar-refractivity contribution >= 4 is 5.97 Å². The highest BCUT2D eigenvalue weighted by Crippen LogP contribution is 2.30. The molecule has 0 atom stereocenters. The SMILES string of the molecule is CCOC(=O)c1ccc(Oc2ncccc2-c2cccnc2)cc1. The number of ether oxygens (including phenoxy) is 2. The van der Waals surface area contributed by atoms with Crippen LogP contribution in [0.25, 0.3) is 11.1 Å². The van der Waals surface area contributed by atoms with Crippen LogP contribution in [0.4, 0.5) is 0 Å². The Morgan fingerprint density at radius 1 is 1.04 bits per heavy atom. The van der Waals surface area contributed by atoms with Crippen molar-refractivity contribution in [2.75, 3.05) is 6.61 Å². The average molecular weight is 320 g/mol. The molecule has 2 heterocycles. The highest BCUT2D eigenvalue weighted by atomic mass is 16.5. The summed E-state index contributed by atoms with van der Waals surface area (Å²) in [4.78, 5) is 20.1. The monoisotopic (exact) mass is 320 g/mol. The molecular formula is C19H16N2O3. The lowest BCUT2D eigenvalue weighted by molar-refractivity contribution is 0.0526. The number of aromatic nitrogens is 2. The highest BCUT2D eigenvalue weighted by Gasteiger charge is 2.10. The Bertz CT molecular complexity index is 818. The molecule has 0 aliphatic carbocycles. The van der Waals surface area contributed by atoms with Gasteiger partial charge in [0.25, 0.3) is 0 Å². The topological polar surface area (TPSA) is 61.3 Å². The van der Waals surface area contributed by atoms with Crippen molar-refractivity contribution in [2.24, 2.45) is 0 Å². The van der Waals surface area contributed by atoms with E-state index in [-0.39, 0.29) is 5.97 Å². The fourth-order valence-electron chi connectivity index (χ4n) is 2.20. The third-order valence-electron chi connectivity index (χ3n) is 3.32. The zero-order chi connectivity index (χ0) is 16.8. The Kier molecular flexibility index (Phi) is 4.81. The first-order valence-corrected chi connectivity index (χ1v) is 7.58. The van der Waals surface area contributed by atoms with Crippen LogP contribution < -0.4 is 4.74 Å². The zero-order valence-electron chi connectivity index (χ0n) is 13.2. The van der Waals surface area contributed by atoms with E-state index in [1.807, 2.05) is 24.3 Å². The van der Waals surface area contributed by atoms with Gasteiger partial charge >= 0.3 is 5.97 Å². The molecule has 0 bridgehead atoms. The Morgan fingerprint density at radius 2 is 1.83 bits per heavy atom. The molecule has 3 aromatic rings. The normalized spacial score (nSPS) is 10.2. The molecule has 0 aliphatic heterocycles. The average Bonchev–Trinajstić information content (AvgIpc) is 2.64. The molecule has 5 heteroatoms. The third kappa shape index (κ3) is 3.57. The first-order chi connectivity index (χ1) is 11.8. The minimum atomic E-state index is -0.349. The van der Waals surface area contributed by atoms with Gasteiger partial charge in [0.15, 0.2) is 0 Å². The second-order valence-electron chi connectivity index (χ2n) is 4.94. The fourth-order valence-corrected chi connectivity index (χ4v) is 2.20. The van der Waals surface area contributed by atoms with Crippen LogP contribution in [0.3, 0.4) is 0 Å². The number of carbonyl (C=O) groups excluding carboxylic acids is 1. The first-order valence-electron chi connectivity index (χ1n) is 7.58. The third-order valence-corrected chi connectivity index (χ3v) is 3.32. The second kappa shape index (κ2) is 7.37. The highest BCUT2D eigenvalue weighted by molar-refractivity contribution is 5.89. The number of pyridine rings is 2. The van der Waals surface area contributed by atoms with Crippen molar-refractivity contribution < 1.29 is 14.3 Å². The molecule has 0 N–H and O–H groups in total. The van der Waals surface area contributed by atoms with E-state index in [1.165, 1.54) is 0 Å². The van der Waals surface area contributed by atoms with Crippen molar-refractivity contribution in [1.29, 1.82) is 0 Å². The molecule has 0 saturated carbocycles. The molecule has 0 saturated heterocycles. The van der Waals surface area contributed by atoms with E-state index in [1.54, 1.807) is 49.8 Å². The summed E-state index contributed by atoms with van der Waals surface area (Å²) < 4.78 is 10.8. The molecule has 0 unspecified atom stereocenters. The van der Waals surface area contributed by atoms with Gasteiger partial charge in [-0.1, -0.05) is 6.07 Å². The summed E-state index contributed by atoms with van der Waals surface area (Å²) in [7, 11) is 0. The van der Waals surface area contributed by atoms with E-state index in [9.17, 15) is 4.79 Å². The lowest BCUT2D eigenvalue weighted by Crippen LogP contribution is -2.04. The van der Waals surface area contributed by atoms with Gasteiger partial charge in [-0.2, -0.15) is 0 Å². The van der Waals surface area contributed by atoms with Crippen LogP contribution >= 0.6 is 0 Å². The summed E-state index contributed by atoms with van der Waals surface area (Å²) in [5.74, 6) is 0.721. The van der Waals surface area contributed by atoms with Gasteiger partial charge in [-0.05, 0) is 49.4 Å². The minimum Gasteiger partial charge on any atom is -0.462 e. The van der Waals surface area contributed by atoms with E-state index in [4.69, 9.17) is 9.47 Å². The summed E-state index contributed by atoms with van der Waals surface area (Å²) >= 11 is 0. The molecule has 0 spiro atoms. The maximum Gasteiger partial charge on any atom is 0.338 e. The van der Waals surface area contributed by atoms with Gasteiger partial charge < -0.3 is 9.47 Å². The number of carbonyl (C=O) groups is 1. The Morgan fingerprint density at radius 3 is 2.54 bits per heavy atom. The number of rotatable bonds is 5. The minimum absolute atomic E-state index is 0.347. The number of nitrogens with zero attached hydrogens (tertiary/aromatic N) is 2. The van der Waals surface area contributed by atoms with Crippen LogP contribution in [-0.4, -0.2) is 22.5 Å². The molecule has 120 valence electrons. The summed E-state index contributed by atoms with van der Waals surface area (Å²) in [5, 5.41) is 0. The van der Waals surface area contributed by atoms with Gasteiger partial charge in [0.1, 0.15) is 5.75 Å². The van der Waals surface area contributed by atoms with Crippen molar-refractivity contribution in [3.63, 3.8) is 0 Å². The summed E-state index contributed by atoms with van der Waals surface area (Å²) in [6, 6.07) is 14.3. The van der Waals surface area contributed by atoms with Gasteiger partial charge in [0.2, 0.25) is 5.88 Å². The summed E-state index contributed by atoms with van der Waals surface area (Å²) in [5.41, 5.74) is 2.25. The Labute approximate surface area is 139 Å². The lowest BCUT2D eigenvalue weighted by Gasteiger charge is -2.10. The van der Waals surface area contributed by atoms with Crippen molar-refractivity contribution in [2.45, 2.75) is 6.92 Å². The number of esters is 1. The maximum absolute atomic E-state index is 11.7. The second-order valence-corrected chi connectivity index (χ2v) is 4.94. The predicted octanol–water partition coefficient (Wildman–Crippen LogP) is 4.11. The smallest absolute Gasteiger partial charge is 0.338 e. The molecule has 1 aromatic carbocycles. The first kappa shape index (κ1) is 15.7. The molecule has 2 aromatic heterocycles. The van der Waals surface area contributed by atoms with Crippen LogP contribution in [0.15, 0.2) is 67.1 Å². The van der Waals surface area contributed by atoms with Crippen LogP contribution in [0.2, 0.25) is 0 Å². The van der Waals surface area contributed by atoms with Crippen LogP contribution in [0.1, 0.15) is 17.3 Å². The van der Waals surface area contributed by atoms with Crippen LogP contribution in [0, 0.1) is 0 Å². The summed E-state index contributed by atoms with van der Waals surface area (Å²) in [6.45, 7) is 2.12. The molecule has 0 amide bonds. The molecule has 24 heavy (non-hydrogen) atoms. The quantitative estimate of drug-likeness (QED) is 0.662. The standard InChI is InChI=1S/C19H16N2O3/c1-2-23-19(22)14-7-9-16(10-8-14)24-18-17(6-4-12-21-18)15-5-3-11-20-13-15/h3-13H,2H2,1H3. The fraction of sp³-hybridized carbons (Fsp3) is 0.105. The zero-order valence-corrected chi connectivity index (χ0v) is 13.2. The van der Waals surface area contributed by atoms with Crippen LogP contribution in [-0.2, 0) is 4.74 Å². The maximum atomic E-state index is 11.7. The lowest BCUT2D eigenvalue weighted by atomic mass is 10.1. The number of benzene rings is 1. The van der Waals surface area contributed by atoms with Gasteiger partial charge in [0, 0.05) is 29.7 Å². The molecular weight excluding hydrogens is 304 g/mol. The molecule has 0 aliphatic rings. The Balaban J connectivity index is 1.83. The number of hydrogen-bond acceptors (Lipinski definition) is 5.